The van der Waals surface area contributed by atoms with E-state index in [9.17, 15) is 9.90 Å². The van der Waals surface area contributed by atoms with E-state index < -0.39 is 5.54 Å². The molecule has 0 aliphatic heterocycles. The highest BCUT2D eigenvalue weighted by Gasteiger charge is 2.38. The third-order valence-electron chi connectivity index (χ3n) is 4.22. The van der Waals surface area contributed by atoms with Crippen molar-refractivity contribution in [3.8, 4) is 0 Å². The number of aromatic nitrogens is 1. The fraction of sp³-hybridized carbons (Fsp3) is 0.467. The smallest absolute Gasteiger partial charge is 0.264 e. The number of nitrogens with two attached hydrogens (primary N) is 1. The van der Waals surface area contributed by atoms with Crippen molar-refractivity contribution < 1.29 is 9.90 Å². The lowest BCUT2D eigenvalue weighted by molar-refractivity contribution is 0.0646. The van der Waals surface area contributed by atoms with E-state index >= 15 is 0 Å². The van der Waals surface area contributed by atoms with Crippen molar-refractivity contribution in [1.29, 1.82) is 0 Å². The highest BCUT2D eigenvalue weighted by molar-refractivity contribution is 7.21. The Morgan fingerprint density at radius 2 is 2.24 bits per heavy atom. The Labute approximate surface area is 127 Å². The van der Waals surface area contributed by atoms with E-state index in [2.05, 4.69) is 10.3 Å². The van der Waals surface area contributed by atoms with Gasteiger partial charge in [0.25, 0.3) is 5.91 Å². The minimum absolute atomic E-state index is 0.0279. The number of rotatable bonds is 3. The molecule has 3 rings (SSSR count). The zero-order chi connectivity index (χ0) is 15.2. The molecule has 21 heavy (non-hydrogen) atoms. The van der Waals surface area contributed by atoms with E-state index in [-0.39, 0.29) is 12.5 Å². The Morgan fingerprint density at radius 1 is 1.52 bits per heavy atom. The van der Waals surface area contributed by atoms with Gasteiger partial charge in [-0.3, -0.25) is 4.79 Å². The first-order valence-corrected chi connectivity index (χ1v) is 7.87. The largest absolute Gasteiger partial charge is 0.397 e. The minimum atomic E-state index is -0.460. The number of aliphatic hydroxyl groups is 1. The fourth-order valence-corrected chi connectivity index (χ4v) is 3.97. The summed E-state index contributed by atoms with van der Waals surface area (Å²) in [6.45, 7) is 3.88. The highest BCUT2D eigenvalue weighted by Crippen LogP contribution is 2.37. The van der Waals surface area contributed by atoms with Crippen LogP contribution < -0.4 is 11.1 Å². The summed E-state index contributed by atoms with van der Waals surface area (Å²) in [6.07, 6.45) is 2.66. The molecule has 1 aliphatic rings. The maximum absolute atomic E-state index is 12.5. The number of anilines is 1. The standard InChI is InChI=1S/C15H19N3O2S/c1-8-6-9(2)17-14-10(8)11(16)12(21-14)13(20)18-15(7-19)4-3-5-15/h6,19H,3-5,7,16H2,1-2H3,(H,18,20). The van der Waals surface area contributed by atoms with Crippen molar-refractivity contribution in [2.75, 3.05) is 12.3 Å². The van der Waals surface area contributed by atoms with Gasteiger partial charge >= 0.3 is 0 Å². The number of amides is 1. The zero-order valence-corrected chi connectivity index (χ0v) is 13.0. The molecule has 0 atom stereocenters. The lowest BCUT2D eigenvalue weighted by Crippen LogP contribution is -2.56. The Morgan fingerprint density at radius 3 is 2.81 bits per heavy atom. The maximum atomic E-state index is 12.5. The number of pyridine rings is 1. The summed E-state index contributed by atoms with van der Waals surface area (Å²) in [6, 6.07) is 1.97. The number of carbonyl (C=O) groups is 1. The third-order valence-corrected chi connectivity index (χ3v) is 5.32. The SMILES string of the molecule is Cc1cc(C)c2c(N)c(C(=O)NC3(CO)CCC3)sc2n1. The number of nitrogen functional groups attached to an aromatic ring is 1. The molecule has 0 radical (unpaired) electrons. The molecule has 5 nitrogen and oxygen atoms in total. The van der Waals surface area contributed by atoms with Gasteiger partial charge in [0, 0.05) is 11.1 Å². The summed E-state index contributed by atoms with van der Waals surface area (Å²) in [7, 11) is 0. The average molecular weight is 305 g/mol. The van der Waals surface area contributed by atoms with Crippen LogP contribution in [0.15, 0.2) is 6.07 Å². The number of aryl methyl sites for hydroxylation is 2. The molecule has 2 aromatic heterocycles. The van der Waals surface area contributed by atoms with Crippen LogP contribution in [0.5, 0.6) is 0 Å². The molecule has 1 amide bonds. The second-order valence-corrected chi connectivity index (χ2v) is 6.85. The van der Waals surface area contributed by atoms with Crippen LogP contribution >= 0.6 is 11.3 Å². The van der Waals surface area contributed by atoms with Crippen LogP contribution in [0, 0.1) is 13.8 Å². The Bertz CT molecular complexity index is 714. The zero-order valence-electron chi connectivity index (χ0n) is 12.2. The molecule has 0 saturated heterocycles. The molecular formula is C15H19N3O2S. The number of nitrogens with one attached hydrogen (secondary N) is 1. The molecule has 0 aromatic carbocycles. The van der Waals surface area contributed by atoms with Crippen LogP contribution in [0.25, 0.3) is 10.2 Å². The van der Waals surface area contributed by atoms with Crippen LogP contribution in [0.2, 0.25) is 0 Å². The number of fused-ring (bicyclic) bond motifs is 1. The van der Waals surface area contributed by atoms with Gasteiger partial charge in [-0.1, -0.05) is 0 Å². The fourth-order valence-electron chi connectivity index (χ4n) is 2.86. The van der Waals surface area contributed by atoms with Crippen LogP contribution in [0.4, 0.5) is 5.69 Å². The van der Waals surface area contributed by atoms with Crippen LogP contribution in [-0.2, 0) is 0 Å². The number of hydrogen-bond acceptors (Lipinski definition) is 5. The van der Waals surface area contributed by atoms with Gasteiger partial charge in [-0.05, 0) is 44.7 Å². The third kappa shape index (κ3) is 2.28. The number of nitrogens with zero attached hydrogens (tertiary/aromatic N) is 1. The van der Waals surface area contributed by atoms with Gasteiger partial charge in [0.2, 0.25) is 0 Å². The van der Waals surface area contributed by atoms with Crippen LogP contribution in [-0.4, -0.2) is 28.1 Å². The molecule has 1 aliphatic carbocycles. The average Bonchev–Trinajstić information content (AvgIpc) is 2.71. The topological polar surface area (TPSA) is 88.2 Å². The predicted molar refractivity (Wildman–Crippen MR) is 84.6 cm³/mol. The Hall–Kier alpha value is -1.66. The molecule has 0 bridgehead atoms. The van der Waals surface area contributed by atoms with Gasteiger partial charge in [0.05, 0.1) is 17.8 Å². The van der Waals surface area contributed by atoms with E-state index in [1.165, 1.54) is 11.3 Å². The number of hydrogen-bond donors (Lipinski definition) is 3. The summed E-state index contributed by atoms with van der Waals surface area (Å²) < 4.78 is 0. The number of carbonyl (C=O) groups excluding carboxylic acids is 1. The minimum Gasteiger partial charge on any atom is -0.397 e. The van der Waals surface area contributed by atoms with Gasteiger partial charge in [-0.15, -0.1) is 11.3 Å². The molecule has 2 heterocycles. The number of aliphatic hydroxyl groups excluding tert-OH is 1. The predicted octanol–water partition coefficient (Wildman–Crippen LogP) is 2.14. The molecule has 1 saturated carbocycles. The van der Waals surface area contributed by atoms with Crippen molar-refractivity contribution >= 4 is 33.1 Å². The Kier molecular flexibility index (Phi) is 3.37. The van der Waals surface area contributed by atoms with Gasteiger partial charge in [0.1, 0.15) is 9.71 Å². The van der Waals surface area contributed by atoms with Crippen LogP contribution in [0.3, 0.4) is 0 Å². The van der Waals surface area contributed by atoms with E-state index in [1.807, 2.05) is 19.9 Å². The van der Waals surface area contributed by atoms with E-state index in [0.29, 0.717) is 10.6 Å². The lowest BCUT2D eigenvalue weighted by atomic mass is 9.77. The Balaban J connectivity index is 1.99. The van der Waals surface area contributed by atoms with E-state index in [4.69, 9.17) is 5.73 Å². The van der Waals surface area contributed by atoms with E-state index in [1.54, 1.807) is 0 Å². The molecule has 0 spiro atoms. The first-order valence-electron chi connectivity index (χ1n) is 7.05. The van der Waals surface area contributed by atoms with Crippen molar-refractivity contribution in [3.63, 3.8) is 0 Å². The monoisotopic (exact) mass is 305 g/mol. The summed E-state index contributed by atoms with van der Waals surface area (Å²) in [5.41, 5.74) is 8.14. The molecule has 1 fully saturated rings. The summed E-state index contributed by atoms with van der Waals surface area (Å²) in [5, 5.41) is 13.3. The summed E-state index contributed by atoms with van der Waals surface area (Å²) in [5.74, 6) is -0.207. The first-order chi connectivity index (χ1) is 9.96. The van der Waals surface area contributed by atoms with E-state index in [0.717, 1.165) is 40.7 Å². The van der Waals surface area contributed by atoms with Crippen molar-refractivity contribution in [3.05, 3.63) is 22.2 Å². The second kappa shape index (κ2) is 4.96. The molecular weight excluding hydrogens is 286 g/mol. The van der Waals surface area contributed by atoms with Gasteiger partial charge in [-0.2, -0.15) is 0 Å². The molecule has 2 aromatic rings. The lowest BCUT2D eigenvalue weighted by Gasteiger charge is -2.40. The highest BCUT2D eigenvalue weighted by atomic mass is 32.1. The van der Waals surface area contributed by atoms with Gasteiger partial charge < -0.3 is 16.2 Å². The normalized spacial score (nSPS) is 16.7. The summed E-state index contributed by atoms with van der Waals surface area (Å²) >= 11 is 1.32. The van der Waals surface area contributed by atoms with Crippen molar-refractivity contribution in [2.45, 2.75) is 38.6 Å². The van der Waals surface area contributed by atoms with Crippen molar-refractivity contribution in [1.82, 2.24) is 10.3 Å². The molecule has 0 unspecified atom stereocenters. The first kappa shape index (κ1) is 14.3. The second-order valence-electron chi connectivity index (χ2n) is 5.85. The number of thiophene rings is 1. The van der Waals surface area contributed by atoms with Gasteiger partial charge in [0.15, 0.2) is 0 Å². The maximum Gasteiger partial charge on any atom is 0.264 e. The molecule has 4 N–H and O–H groups in total. The molecule has 112 valence electrons. The van der Waals surface area contributed by atoms with Gasteiger partial charge in [-0.25, -0.2) is 4.98 Å². The van der Waals surface area contributed by atoms with Crippen LogP contribution in [0.1, 0.15) is 40.2 Å². The molecule has 6 heteroatoms. The summed E-state index contributed by atoms with van der Waals surface area (Å²) in [4.78, 5) is 18.2. The van der Waals surface area contributed by atoms with Crippen molar-refractivity contribution in [2.24, 2.45) is 0 Å². The quantitative estimate of drug-likeness (QED) is 0.810.